The van der Waals surface area contributed by atoms with Crippen LogP contribution in [0.15, 0.2) is 42.6 Å². The number of aliphatic hydroxyl groups excluding tert-OH is 1. The Morgan fingerprint density at radius 3 is 2.53 bits per heavy atom. The standard InChI is InChI=1S/C15H15NO3/c17-10-2-3-11-5-7-12(8-6-11)13-4-1-9-16-14(13)15(18)19/h1,4-9,17H,2-3,10H2,(H,18,19). The van der Waals surface area contributed by atoms with Gasteiger partial charge in [0.05, 0.1) is 0 Å². The summed E-state index contributed by atoms with van der Waals surface area (Å²) in [5, 5.41) is 17.9. The number of carboxylic acids is 1. The first kappa shape index (κ1) is 13.2. The number of hydrogen-bond donors (Lipinski definition) is 2. The molecule has 0 radical (unpaired) electrons. The van der Waals surface area contributed by atoms with Crippen LogP contribution in [0.5, 0.6) is 0 Å². The van der Waals surface area contributed by atoms with E-state index < -0.39 is 5.97 Å². The molecule has 98 valence electrons. The van der Waals surface area contributed by atoms with Crippen LogP contribution in [0.25, 0.3) is 11.1 Å². The zero-order valence-corrected chi connectivity index (χ0v) is 10.4. The summed E-state index contributed by atoms with van der Waals surface area (Å²) in [5.74, 6) is -1.03. The highest BCUT2D eigenvalue weighted by atomic mass is 16.4. The molecule has 1 aromatic heterocycles. The van der Waals surface area contributed by atoms with E-state index in [1.807, 2.05) is 24.3 Å². The van der Waals surface area contributed by atoms with E-state index in [9.17, 15) is 4.79 Å². The molecule has 2 aromatic rings. The Labute approximate surface area is 111 Å². The quantitative estimate of drug-likeness (QED) is 0.862. The first-order valence-electron chi connectivity index (χ1n) is 6.11. The van der Waals surface area contributed by atoms with Gasteiger partial charge in [-0.2, -0.15) is 0 Å². The van der Waals surface area contributed by atoms with Gasteiger partial charge in [-0.25, -0.2) is 9.78 Å². The molecule has 0 aliphatic rings. The van der Waals surface area contributed by atoms with Crippen LogP contribution in [-0.2, 0) is 6.42 Å². The molecule has 2 N–H and O–H groups in total. The van der Waals surface area contributed by atoms with Crippen LogP contribution in [0.4, 0.5) is 0 Å². The fourth-order valence-electron chi connectivity index (χ4n) is 1.94. The minimum Gasteiger partial charge on any atom is -0.476 e. The smallest absolute Gasteiger partial charge is 0.355 e. The molecule has 0 bridgehead atoms. The van der Waals surface area contributed by atoms with E-state index in [2.05, 4.69) is 4.98 Å². The molecule has 19 heavy (non-hydrogen) atoms. The summed E-state index contributed by atoms with van der Waals surface area (Å²) >= 11 is 0. The fourth-order valence-corrected chi connectivity index (χ4v) is 1.94. The second-order valence-corrected chi connectivity index (χ2v) is 4.23. The number of carbonyl (C=O) groups is 1. The molecule has 0 unspecified atom stereocenters. The molecule has 0 aliphatic heterocycles. The maximum atomic E-state index is 11.1. The topological polar surface area (TPSA) is 70.4 Å². The highest BCUT2D eigenvalue weighted by Crippen LogP contribution is 2.22. The van der Waals surface area contributed by atoms with E-state index in [0.717, 1.165) is 24.0 Å². The number of aromatic nitrogens is 1. The fraction of sp³-hybridized carbons (Fsp3) is 0.200. The molecule has 1 heterocycles. The number of hydrogen-bond acceptors (Lipinski definition) is 3. The number of nitrogens with zero attached hydrogens (tertiary/aromatic N) is 1. The van der Waals surface area contributed by atoms with Crippen molar-refractivity contribution in [2.24, 2.45) is 0 Å². The van der Waals surface area contributed by atoms with Gasteiger partial charge in [0.15, 0.2) is 5.69 Å². The van der Waals surface area contributed by atoms with Gasteiger partial charge in [0.25, 0.3) is 0 Å². The van der Waals surface area contributed by atoms with Gasteiger partial charge in [-0.15, -0.1) is 0 Å². The van der Waals surface area contributed by atoms with Crippen LogP contribution in [0.3, 0.4) is 0 Å². The molecular formula is C15H15NO3. The molecule has 0 spiro atoms. The molecule has 4 nitrogen and oxygen atoms in total. The number of benzene rings is 1. The number of aromatic carboxylic acids is 1. The van der Waals surface area contributed by atoms with Crippen molar-refractivity contribution < 1.29 is 15.0 Å². The predicted molar refractivity (Wildman–Crippen MR) is 72.0 cm³/mol. The molecule has 0 atom stereocenters. The van der Waals surface area contributed by atoms with Crippen LogP contribution in [0, 0.1) is 0 Å². The van der Waals surface area contributed by atoms with Crippen molar-refractivity contribution in [2.75, 3.05) is 6.61 Å². The normalized spacial score (nSPS) is 10.4. The summed E-state index contributed by atoms with van der Waals surface area (Å²) in [6, 6.07) is 11.1. The summed E-state index contributed by atoms with van der Waals surface area (Å²) in [7, 11) is 0. The number of pyridine rings is 1. The number of carboxylic acid groups (broad SMARTS) is 1. The van der Waals surface area contributed by atoms with Gasteiger partial charge < -0.3 is 10.2 Å². The van der Waals surface area contributed by atoms with Crippen molar-refractivity contribution in [3.63, 3.8) is 0 Å². The average Bonchev–Trinajstić information content (AvgIpc) is 2.45. The number of aryl methyl sites for hydroxylation is 1. The van der Waals surface area contributed by atoms with Gasteiger partial charge in [-0.1, -0.05) is 30.3 Å². The molecule has 0 aliphatic carbocycles. The van der Waals surface area contributed by atoms with Crippen LogP contribution < -0.4 is 0 Å². The first-order valence-corrected chi connectivity index (χ1v) is 6.11. The first-order chi connectivity index (χ1) is 9.22. The third-order valence-corrected chi connectivity index (χ3v) is 2.90. The summed E-state index contributed by atoms with van der Waals surface area (Å²) in [4.78, 5) is 15.0. The molecule has 0 fully saturated rings. The lowest BCUT2D eigenvalue weighted by Crippen LogP contribution is -2.02. The van der Waals surface area contributed by atoms with E-state index >= 15 is 0 Å². The number of rotatable bonds is 5. The van der Waals surface area contributed by atoms with Gasteiger partial charge in [0.2, 0.25) is 0 Å². The SMILES string of the molecule is O=C(O)c1ncccc1-c1ccc(CCCO)cc1. The maximum absolute atomic E-state index is 11.1. The second kappa shape index (κ2) is 6.11. The molecule has 2 rings (SSSR count). The zero-order valence-electron chi connectivity index (χ0n) is 10.4. The van der Waals surface area contributed by atoms with E-state index in [0.29, 0.717) is 5.56 Å². The number of aliphatic hydroxyl groups is 1. The van der Waals surface area contributed by atoms with Crippen LogP contribution in [0.1, 0.15) is 22.5 Å². The van der Waals surface area contributed by atoms with Crippen LogP contribution >= 0.6 is 0 Å². The summed E-state index contributed by atoms with van der Waals surface area (Å²) in [5.41, 5.74) is 2.63. The van der Waals surface area contributed by atoms with Crippen molar-refractivity contribution in [1.82, 2.24) is 4.98 Å². The van der Waals surface area contributed by atoms with E-state index in [1.54, 1.807) is 12.1 Å². The van der Waals surface area contributed by atoms with E-state index in [4.69, 9.17) is 10.2 Å². The Hall–Kier alpha value is -2.20. The summed E-state index contributed by atoms with van der Waals surface area (Å²) < 4.78 is 0. The Morgan fingerprint density at radius 1 is 1.16 bits per heavy atom. The summed E-state index contributed by atoms with van der Waals surface area (Å²) in [6.07, 6.45) is 3.02. The summed E-state index contributed by atoms with van der Waals surface area (Å²) in [6.45, 7) is 0.174. The Kier molecular flexibility index (Phi) is 4.26. The minimum atomic E-state index is -1.03. The van der Waals surface area contributed by atoms with Crippen molar-refractivity contribution in [3.05, 3.63) is 53.9 Å². The third kappa shape index (κ3) is 3.17. The average molecular weight is 257 g/mol. The Bertz CT molecular complexity index is 564. The van der Waals surface area contributed by atoms with Gasteiger partial charge in [0, 0.05) is 18.4 Å². The van der Waals surface area contributed by atoms with E-state index in [1.165, 1.54) is 6.20 Å². The predicted octanol–water partition coefficient (Wildman–Crippen LogP) is 2.37. The third-order valence-electron chi connectivity index (χ3n) is 2.90. The molecular weight excluding hydrogens is 242 g/mol. The van der Waals surface area contributed by atoms with Crippen molar-refractivity contribution in [2.45, 2.75) is 12.8 Å². The molecule has 0 amide bonds. The Balaban J connectivity index is 2.30. The van der Waals surface area contributed by atoms with Crippen LogP contribution in [-0.4, -0.2) is 27.8 Å². The second-order valence-electron chi connectivity index (χ2n) is 4.23. The van der Waals surface area contributed by atoms with Gasteiger partial charge in [0.1, 0.15) is 0 Å². The van der Waals surface area contributed by atoms with Gasteiger partial charge >= 0.3 is 5.97 Å². The molecule has 0 saturated carbocycles. The van der Waals surface area contributed by atoms with E-state index in [-0.39, 0.29) is 12.3 Å². The van der Waals surface area contributed by atoms with Crippen molar-refractivity contribution in [3.8, 4) is 11.1 Å². The lowest BCUT2D eigenvalue weighted by Gasteiger charge is -2.06. The Morgan fingerprint density at radius 2 is 1.89 bits per heavy atom. The zero-order chi connectivity index (χ0) is 13.7. The molecule has 0 saturated heterocycles. The monoisotopic (exact) mass is 257 g/mol. The van der Waals surface area contributed by atoms with Crippen molar-refractivity contribution >= 4 is 5.97 Å². The maximum Gasteiger partial charge on any atom is 0.355 e. The van der Waals surface area contributed by atoms with Gasteiger partial charge in [-0.3, -0.25) is 0 Å². The highest BCUT2D eigenvalue weighted by molar-refractivity contribution is 5.93. The molecule has 1 aromatic carbocycles. The minimum absolute atomic E-state index is 0.0607. The highest BCUT2D eigenvalue weighted by Gasteiger charge is 2.12. The largest absolute Gasteiger partial charge is 0.476 e. The lowest BCUT2D eigenvalue weighted by atomic mass is 10.0. The van der Waals surface area contributed by atoms with Gasteiger partial charge in [-0.05, 0) is 30.0 Å². The van der Waals surface area contributed by atoms with Crippen molar-refractivity contribution in [1.29, 1.82) is 0 Å². The lowest BCUT2D eigenvalue weighted by molar-refractivity contribution is 0.0691. The molecule has 4 heteroatoms. The van der Waals surface area contributed by atoms with Crippen LogP contribution in [0.2, 0.25) is 0 Å².